The molecule has 20 heavy (non-hydrogen) atoms. The quantitative estimate of drug-likeness (QED) is 0.809. The maximum absolute atomic E-state index is 12.1. The Hall–Kier alpha value is -1.05. The highest BCUT2D eigenvalue weighted by Crippen LogP contribution is 2.28. The lowest BCUT2D eigenvalue weighted by Gasteiger charge is -2.13. The minimum Gasteiger partial charge on any atom is -0.433 e. The lowest BCUT2D eigenvalue weighted by Crippen LogP contribution is -2.36. The largest absolute Gasteiger partial charge is 0.433 e. The number of carbonyl (C=O) groups is 1. The summed E-state index contributed by atoms with van der Waals surface area (Å²) >= 11 is 7.37. The van der Waals surface area contributed by atoms with Crippen molar-refractivity contribution in [2.24, 2.45) is 5.73 Å². The third kappa shape index (κ3) is 5.52. The molecule has 1 amide bonds. The second-order valence-electron chi connectivity index (χ2n) is 3.90. The molecule has 0 unspecified atom stereocenters. The molecule has 1 aromatic rings. The highest BCUT2D eigenvalue weighted by atomic mass is 35.5. The first-order chi connectivity index (χ1) is 9.43. The van der Waals surface area contributed by atoms with Crippen molar-refractivity contribution in [1.29, 1.82) is 0 Å². The van der Waals surface area contributed by atoms with Crippen LogP contribution in [0, 0.1) is 0 Å². The number of amides is 1. The van der Waals surface area contributed by atoms with Gasteiger partial charge in [-0.25, -0.2) is 0 Å². The van der Waals surface area contributed by atoms with E-state index in [1.807, 2.05) is 6.26 Å². The monoisotopic (exact) mass is 324 g/mol. The molecule has 0 bridgehead atoms. The molecule has 0 aliphatic rings. The second-order valence-corrected chi connectivity index (χ2v) is 5.29. The Morgan fingerprint density at radius 1 is 1.55 bits per heavy atom. The molecule has 0 aliphatic carbocycles. The fourth-order valence-corrected chi connectivity index (χ4v) is 2.10. The lowest BCUT2D eigenvalue weighted by molar-refractivity contribution is -0.117. The number of halogens is 3. The average molecular weight is 325 g/mol. The molecule has 0 radical (unpaired) electrons. The van der Waals surface area contributed by atoms with E-state index in [0.29, 0.717) is 12.1 Å². The van der Waals surface area contributed by atoms with Gasteiger partial charge in [-0.15, -0.1) is 0 Å². The number of thioether (sulfide) groups is 1. The van der Waals surface area contributed by atoms with E-state index in [4.69, 9.17) is 17.3 Å². The predicted molar refractivity (Wildman–Crippen MR) is 77.7 cm³/mol. The molecule has 8 heteroatoms. The molecule has 1 atom stereocenters. The molecule has 4 nitrogen and oxygen atoms in total. The summed E-state index contributed by atoms with van der Waals surface area (Å²) in [4.78, 5) is 11.8. The number of carbonyl (C=O) groups excluding carboxylic acids is 1. The standard InChI is InChI=1S/C12H15ClF2N2O2S/c1-20-5-4-9(16)11(18)17-7-2-3-10(8(13)6-7)19-12(14)15/h2-3,6,9,12H,4-5,16H2,1H3,(H,17,18)/t9-/m0/s1. The van der Waals surface area contributed by atoms with Crippen molar-refractivity contribution < 1.29 is 18.3 Å². The number of hydrogen-bond donors (Lipinski definition) is 2. The van der Waals surface area contributed by atoms with Gasteiger partial charge >= 0.3 is 6.61 Å². The smallest absolute Gasteiger partial charge is 0.387 e. The van der Waals surface area contributed by atoms with Crippen molar-refractivity contribution in [2.75, 3.05) is 17.3 Å². The molecule has 112 valence electrons. The normalized spacial score (nSPS) is 12.3. The van der Waals surface area contributed by atoms with Gasteiger partial charge in [0, 0.05) is 5.69 Å². The first kappa shape index (κ1) is 17.0. The molecule has 0 aliphatic heterocycles. The minimum atomic E-state index is -2.95. The summed E-state index contributed by atoms with van der Waals surface area (Å²) in [6, 6.07) is 3.39. The number of alkyl halides is 2. The maximum Gasteiger partial charge on any atom is 0.387 e. The Morgan fingerprint density at radius 3 is 2.80 bits per heavy atom. The summed E-state index contributed by atoms with van der Waals surface area (Å²) in [5.74, 6) is 0.278. The summed E-state index contributed by atoms with van der Waals surface area (Å²) < 4.78 is 28.3. The summed E-state index contributed by atoms with van der Waals surface area (Å²) in [7, 11) is 0. The molecule has 0 spiro atoms. The van der Waals surface area contributed by atoms with Crippen LogP contribution in [0.15, 0.2) is 18.2 Å². The van der Waals surface area contributed by atoms with Gasteiger partial charge in [0.05, 0.1) is 11.1 Å². The van der Waals surface area contributed by atoms with E-state index in [-0.39, 0.29) is 16.7 Å². The zero-order valence-electron chi connectivity index (χ0n) is 10.7. The number of ether oxygens (including phenoxy) is 1. The summed E-state index contributed by atoms with van der Waals surface area (Å²) in [5.41, 5.74) is 6.08. The fraction of sp³-hybridized carbons (Fsp3) is 0.417. The molecule has 3 N–H and O–H groups in total. The van der Waals surface area contributed by atoms with Crippen LogP contribution in [-0.2, 0) is 4.79 Å². The van der Waals surface area contributed by atoms with Gasteiger partial charge in [0.15, 0.2) is 0 Å². The van der Waals surface area contributed by atoms with Crippen LogP contribution in [0.5, 0.6) is 5.75 Å². The molecule has 0 saturated carbocycles. The zero-order chi connectivity index (χ0) is 15.1. The Balaban J connectivity index is 2.64. The first-order valence-electron chi connectivity index (χ1n) is 5.73. The SMILES string of the molecule is CSCC[C@H](N)C(=O)Nc1ccc(OC(F)F)c(Cl)c1. The Morgan fingerprint density at radius 2 is 2.25 bits per heavy atom. The molecular formula is C12H15ClF2N2O2S. The van der Waals surface area contributed by atoms with E-state index in [9.17, 15) is 13.6 Å². The Labute approximate surface area is 125 Å². The number of nitrogens with one attached hydrogen (secondary N) is 1. The van der Waals surface area contributed by atoms with E-state index in [1.165, 1.54) is 18.2 Å². The predicted octanol–water partition coefficient (Wildman–Crippen LogP) is 2.96. The molecule has 0 fully saturated rings. The van der Waals surface area contributed by atoms with Crippen molar-refractivity contribution in [3.05, 3.63) is 23.2 Å². The van der Waals surface area contributed by atoms with E-state index < -0.39 is 12.7 Å². The second kappa shape index (κ2) is 8.28. The molecular weight excluding hydrogens is 310 g/mol. The van der Waals surface area contributed by atoms with Gasteiger partial charge in [-0.3, -0.25) is 4.79 Å². The van der Waals surface area contributed by atoms with E-state index >= 15 is 0 Å². The highest BCUT2D eigenvalue weighted by molar-refractivity contribution is 7.98. The van der Waals surface area contributed by atoms with E-state index in [0.717, 1.165) is 5.75 Å². The van der Waals surface area contributed by atoms with E-state index in [1.54, 1.807) is 11.8 Å². The number of anilines is 1. The van der Waals surface area contributed by atoms with Gasteiger partial charge in [0.1, 0.15) is 5.75 Å². The van der Waals surface area contributed by atoms with Gasteiger partial charge in [0.25, 0.3) is 0 Å². The van der Waals surface area contributed by atoms with Crippen LogP contribution in [0.3, 0.4) is 0 Å². The third-order valence-electron chi connectivity index (χ3n) is 2.39. The van der Waals surface area contributed by atoms with Crippen molar-refractivity contribution in [1.82, 2.24) is 0 Å². The fourth-order valence-electron chi connectivity index (χ4n) is 1.38. The Kier molecular flexibility index (Phi) is 7.04. The van der Waals surface area contributed by atoms with Crippen LogP contribution in [0.25, 0.3) is 0 Å². The average Bonchev–Trinajstić information content (AvgIpc) is 2.38. The van der Waals surface area contributed by atoms with Gasteiger partial charge in [0.2, 0.25) is 5.91 Å². The zero-order valence-corrected chi connectivity index (χ0v) is 12.3. The van der Waals surface area contributed by atoms with Gasteiger partial charge in [-0.1, -0.05) is 11.6 Å². The van der Waals surface area contributed by atoms with E-state index in [2.05, 4.69) is 10.1 Å². The van der Waals surface area contributed by atoms with Crippen LogP contribution in [0.2, 0.25) is 5.02 Å². The summed E-state index contributed by atoms with van der Waals surface area (Å²) in [5, 5.41) is 2.56. The molecule has 0 saturated heterocycles. The number of nitrogens with two attached hydrogens (primary N) is 1. The Bertz CT molecular complexity index is 463. The van der Waals surface area contributed by atoms with Crippen molar-refractivity contribution in [2.45, 2.75) is 19.1 Å². The number of hydrogen-bond acceptors (Lipinski definition) is 4. The minimum absolute atomic E-state index is 0.0132. The first-order valence-corrected chi connectivity index (χ1v) is 7.51. The van der Waals surface area contributed by atoms with Gasteiger partial charge in [-0.2, -0.15) is 20.5 Å². The number of rotatable bonds is 7. The van der Waals surface area contributed by atoms with Crippen LogP contribution in [-0.4, -0.2) is 30.6 Å². The number of benzene rings is 1. The van der Waals surface area contributed by atoms with Gasteiger partial charge < -0.3 is 15.8 Å². The van der Waals surface area contributed by atoms with Crippen LogP contribution in [0.1, 0.15) is 6.42 Å². The summed E-state index contributed by atoms with van der Waals surface area (Å²) in [6.45, 7) is -2.95. The molecule has 0 heterocycles. The van der Waals surface area contributed by atoms with Gasteiger partial charge in [-0.05, 0) is 36.6 Å². The topological polar surface area (TPSA) is 64.4 Å². The molecule has 1 aromatic carbocycles. The third-order valence-corrected chi connectivity index (χ3v) is 3.32. The van der Waals surface area contributed by atoms with Crippen LogP contribution < -0.4 is 15.8 Å². The van der Waals surface area contributed by atoms with Crippen LogP contribution in [0.4, 0.5) is 14.5 Å². The maximum atomic E-state index is 12.1. The lowest BCUT2D eigenvalue weighted by atomic mass is 10.2. The highest BCUT2D eigenvalue weighted by Gasteiger charge is 2.14. The van der Waals surface area contributed by atoms with Crippen molar-refractivity contribution >= 4 is 35.0 Å². The molecule has 1 rings (SSSR count). The van der Waals surface area contributed by atoms with Crippen molar-refractivity contribution in [3.8, 4) is 5.75 Å². The molecule has 0 aromatic heterocycles. The summed E-state index contributed by atoms with van der Waals surface area (Å²) in [6.07, 6.45) is 2.47. The van der Waals surface area contributed by atoms with Crippen molar-refractivity contribution in [3.63, 3.8) is 0 Å². The van der Waals surface area contributed by atoms with Crippen LogP contribution >= 0.6 is 23.4 Å².